The second kappa shape index (κ2) is 4.24. The number of rotatable bonds is 2. The van der Waals surface area contributed by atoms with Crippen LogP contribution in [0.1, 0.15) is 26.2 Å². The molecule has 1 saturated heterocycles. The van der Waals surface area contributed by atoms with E-state index in [9.17, 15) is 0 Å². The van der Waals surface area contributed by atoms with E-state index in [1.54, 1.807) is 0 Å². The van der Waals surface area contributed by atoms with Crippen molar-refractivity contribution < 1.29 is 0 Å². The fourth-order valence-corrected chi connectivity index (χ4v) is 1.80. The molecule has 0 aliphatic carbocycles. The molecule has 0 radical (unpaired) electrons. The van der Waals surface area contributed by atoms with Crippen molar-refractivity contribution in [2.45, 2.75) is 31.4 Å². The Balaban J connectivity index is 2.24. The minimum atomic E-state index is 0.618. The third-order valence-electron chi connectivity index (χ3n) is 2.30. The Morgan fingerprint density at radius 1 is 1.70 bits per heavy atom. The minimum absolute atomic E-state index is 0.618. The van der Waals surface area contributed by atoms with Gasteiger partial charge in [-0.15, -0.1) is 0 Å². The zero-order valence-electron chi connectivity index (χ0n) is 6.64. The molecule has 0 aromatic heterocycles. The van der Waals surface area contributed by atoms with Crippen molar-refractivity contribution in [1.82, 2.24) is 5.32 Å². The molecule has 0 aromatic carbocycles. The van der Waals surface area contributed by atoms with E-state index in [2.05, 4.69) is 24.9 Å². The Hall–Kier alpha value is 0.310. The van der Waals surface area contributed by atoms with Crippen LogP contribution in [0.3, 0.4) is 0 Å². The average Bonchev–Trinajstić information content (AvgIpc) is 2.05. The van der Waals surface area contributed by atoms with Crippen molar-refractivity contribution in [3.05, 3.63) is 0 Å². The first kappa shape index (κ1) is 8.41. The van der Waals surface area contributed by atoms with Gasteiger partial charge in [0.05, 0.1) is 0 Å². The summed E-state index contributed by atoms with van der Waals surface area (Å²) in [6.07, 6.45) is 3.91. The highest BCUT2D eigenvalue weighted by molar-refractivity contribution is 7.81. The van der Waals surface area contributed by atoms with Crippen LogP contribution in [0.4, 0.5) is 0 Å². The molecule has 1 N–H and O–H groups in total. The van der Waals surface area contributed by atoms with Crippen molar-refractivity contribution in [2.24, 2.45) is 5.92 Å². The van der Waals surface area contributed by atoms with Crippen molar-refractivity contribution in [3.63, 3.8) is 0 Å². The highest BCUT2D eigenvalue weighted by atomic mass is 32.1. The molecule has 0 bridgehead atoms. The number of hydrogen-bond acceptors (Lipinski definition) is 2. The van der Waals surface area contributed by atoms with E-state index in [-0.39, 0.29) is 0 Å². The largest absolute Gasteiger partial charge is 0.316 e. The zero-order valence-corrected chi connectivity index (χ0v) is 7.53. The second-order valence-corrected chi connectivity index (χ2v) is 3.75. The van der Waals surface area contributed by atoms with Gasteiger partial charge in [-0.05, 0) is 38.3 Å². The summed E-state index contributed by atoms with van der Waals surface area (Å²) in [7, 11) is 0. The lowest BCUT2D eigenvalue weighted by Gasteiger charge is -2.26. The van der Waals surface area contributed by atoms with Crippen LogP contribution >= 0.6 is 12.6 Å². The third-order valence-corrected chi connectivity index (χ3v) is 3.08. The molecule has 1 rings (SSSR count). The van der Waals surface area contributed by atoms with Gasteiger partial charge in [-0.25, -0.2) is 0 Å². The maximum Gasteiger partial charge on any atom is 0.00545 e. The minimum Gasteiger partial charge on any atom is -0.316 e. The fraction of sp³-hybridized carbons (Fsp3) is 1.00. The predicted molar refractivity (Wildman–Crippen MR) is 48.7 cm³/mol. The van der Waals surface area contributed by atoms with Crippen LogP contribution in [-0.2, 0) is 0 Å². The lowest BCUT2D eigenvalue weighted by Crippen LogP contribution is -2.34. The average molecular weight is 159 g/mol. The van der Waals surface area contributed by atoms with E-state index in [0.717, 1.165) is 5.92 Å². The van der Waals surface area contributed by atoms with Gasteiger partial charge >= 0.3 is 0 Å². The van der Waals surface area contributed by atoms with E-state index < -0.39 is 0 Å². The van der Waals surface area contributed by atoms with Gasteiger partial charge in [-0.1, -0.05) is 6.92 Å². The molecule has 10 heavy (non-hydrogen) atoms. The molecule has 1 aliphatic heterocycles. The summed E-state index contributed by atoms with van der Waals surface area (Å²) >= 11 is 4.53. The standard InChI is InChI=1S/C8H17NS/c1-2-8(10)7-4-3-5-9-6-7/h7-10H,2-6H2,1H3. The summed E-state index contributed by atoms with van der Waals surface area (Å²) in [5.74, 6) is 0.821. The molecule has 1 fully saturated rings. The maximum absolute atomic E-state index is 4.53. The van der Waals surface area contributed by atoms with Gasteiger partial charge in [0, 0.05) is 5.25 Å². The van der Waals surface area contributed by atoms with Gasteiger partial charge in [0.15, 0.2) is 0 Å². The molecule has 2 atom stereocenters. The highest BCUT2D eigenvalue weighted by Crippen LogP contribution is 2.20. The third kappa shape index (κ3) is 2.17. The van der Waals surface area contributed by atoms with Gasteiger partial charge in [0.2, 0.25) is 0 Å². The molecular weight excluding hydrogens is 142 g/mol. The van der Waals surface area contributed by atoms with Crippen molar-refractivity contribution in [3.8, 4) is 0 Å². The summed E-state index contributed by atoms with van der Waals surface area (Å²) in [5, 5.41) is 4.02. The van der Waals surface area contributed by atoms with Crippen LogP contribution in [0.5, 0.6) is 0 Å². The van der Waals surface area contributed by atoms with Gasteiger partial charge in [0.25, 0.3) is 0 Å². The molecule has 2 heteroatoms. The second-order valence-electron chi connectivity index (χ2n) is 3.08. The Labute approximate surface area is 69.0 Å². The lowest BCUT2D eigenvalue weighted by atomic mass is 9.94. The van der Waals surface area contributed by atoms with Crippen LogP contribution in [0.25, 0.3) is 0 Å². The number of thiol groups is 1. The molecule has 0 amide bonds. The first-order valence-electron chi connectivity index (χ1n) is 4.23. The molecule has 0 saturated carbocycles. The molecular formula is C8H17NS. The van der Waals surface area contributed by atoms with Crippen LogP contribution in [-0.4, -0.2) is 18.3 Å². The van der Waals surface area contributed by atoms with Gasteiger partial charge in [-0.3, -0.25) is 0 Å². The smallest absolute Gasteiger partial charge is 0.00545 e. The Morgan fingerprint density at radius 2 is 2.50 bits per heavy atom. The summed E-state index contributed by atoms with van der Waals surface area (Å²) < 4.78 is 0. The van der Waals surface area contributed by atoms with Crippen molar-refractivity contribution in [2.75, 3.05) is 13.1 Å². The molecule has 1 heterocycles. The first-order valence-corrected chi connectivity index (χ1v) is 4.75. The number of piperidine rings is 1. The SMILES string of the molecule is CCC(S)C1CCCNC1. The van der Waals surface area contributed by atoms with Gasteiger partial charge in [-0.2, -0.15) is 12.6 Å². The van der Waals surface area contributed by atoms with Crippen LogP contribution in [0, 0.1) is 5.92 Å². The van der Waals surface area contributed by atoms with Crippen LogP contribution in [0.2, 0.25) is 0 Å². The summed E-state index contributed by atoms with van der Waals surface area (Å²) in [6.45, 7) is 4.61. The lowest BCUT2D eigenvalue weighted by molar-refractivity contribution is 0.365. The van der Waals surface area contributed by atoms with E-state index in [4.69, 9.17) is 0 Å². The van der Waals surface area contributed by atoms with E-state index >= 15 is 0 Å². The maximum atomic E-state index is 4.53. The predicted octanol–water partition coefficient (Wildman–Crippen LogP) is 1.69. The topological polar surface area (TPSA) is 12.0 Å². The first-order chi connectivity index (χ1) is 4.84. The molecule has 0 spiro atoms. The molecule has 60 valence electrons. The Morgan fingerprint density at radius 3 is 3.00 bits per heavy atom. The monoisotopic (exact) mass is 159 g/mol. The quantitative estimate of drug-likeness (QED) is 0.584. The fourth-order valence-electron chi connectivity index (χ4n) is 1.54. The summed E-state index contributed by atoms with van der Waals surface area (Å²) in [5.41, 5.74) is 0. The van der Waals surface area contributed by atoms with Crippen LogP contribution < -0.4 is 5.32 Å². The van der Waals surface area contributed by atoms with Crippen molar-refractivity contribution in [1.29, 1.82) is 0 Å². The molecule has 0 aromatic rings. The zero-order chi connectivity index (χ0) is 7.40. The molecule has 2 unspecified atom stereocenters. The summed E-state index contributed by atoms with van der Waals surface area (Å²) in [4.78, 5) is 0. The van der Waals surface area contributed by atoms with E-state index in [1.165, 1.54) is 32.4 Å². The summed E-state index contributed by atoms with van der Waals surface area (Å²) in [6, 6.07) is 0. The Kier molecular flexibility index (Phi) is 3.57. The van der Waals surface area contributed by atoms with E-state index in [1.807, 2.05) is 0 Å². The van der Waals surface area contributed by atoms with Crippen LogP contribution in [0.15, 0.2) is 0 Å². The number of nitrogens with one attached hydrogen (secondary N) is 1. The normalized spacial score (nSPS) is 30.0. The van der Waals surface area contributed by atoms with Crippen molar-refractivity contribution >= 4 is 12.6 Å². The molecule has 1 nitrogen and oxygen atoms in total. The number of hydrogen-bond donors (Lipinski definition) is 2. The highest BCUT2D eigenvalue weighted by Gasteiger charge is 2.18. The van der Waals surface area contributed by atoms with Gasteiger partial charge < -0.3 is 5.32 Å². The van der Waals surface area contributed by atoms with Gasteiger partial charge in [0.1, 0.15) is 0 Å². The van der Waals surface area contributed by atoms with E-state index in [0.29, 0.717) is 5.25 Å². The molecule has 1 aliphatic rings. The Bertz CT molecular complexity index is 89.3.